The number of nitrogens with two attached hydrogens (primary N) is 1. The number of nitrogens with one attached hydrogen (secondary N) is 1. The largest absolute Gasteiger partial charge is 0.418 e. The molecule has 6 heteroatoms. The molecule has 0 aliphatic carbocycles. The highest BCUT2D eigenvalue weighted by atomic mass is 32.1. The minimum Gasteiger partial charge on any atom is -0.399 e. The Morgan fingerprint density at radius 3 is 2.58 bits per heavy atom. The van der Waals surface area contributed by atoms with Crippen molar-refractivity contribution in [3.63, 3.8) is 0 Å². The van der Waals surface area contributed by atoms with E-state index in [0.717, 1.165) is 10.9 Å². The highest BCUT2D eigenvalue weighted by molar-refractivity contribution is 7.10. The number of hydrogen-bond acceptors (Lipinski definition) is 3. The van der Waals surface area contributed by atoms with E-state index in [2.05, 4.69) is 5.32 Å². The summed E-state index contributed by atoms with van der Waals surface area (Å²) in [4.78, 5) is 0.977. The van der Waals surface area contributed by atoms with E-state index in [0.29, 0.717) is 0 Å². The first-order chi connectivity index (χ1) is 8.88. The van der Waals surface area contributed by atoms with Gasteiger partial charge in [0, 0.05) is 16.3 Å². The lowest BCUT2D eigenvalue weighted by Gasteiger charge is -2.19. The lowest BCUT2D eigenvalue weighted by atomic mass is 10.1. The molecule has 0 saturated heterocycles. The van der Waals surface area contributed by atoms with Crippen molar-refractivity contribution in [3.05, 3.63) is 46.2 Å². The second-order valence-electron chi connectivity index (χ2n) is 4.18. The highest BCUT2D eigenvalue weighted by Crippen LogP contribution is 2.37. The first-order valence-corrected chi connectivity index (χ1v) is 6.52. The second-order valence-corrected chi connectivity index (χ2v) is 5.16. The summed E-state index contributed by atoms with van der Waals surface area (Å²) in [7, 11) is 0. The van der Waals surface area contributed by atoms with Gasteiger partial charge >= 0.3 is 6.18 Å². The zero-order valence-corrected chi connectivity index (χ0v) is 11.0. The molecule has 2 nitrogen and oxygen atoms in total. The second kappa shape index (κ2) is 5.13. The fourth-order valence-electron chi connectivity index (χ4n) is 1.76. The van der Waals surface area contributed by atoms with Gasteiger partial charge in [0.15, 0.2) is 0 Å². The molecule has 0 amide bonds. The predicted octanol–water partition coefficient (Wildman–Crippen LogP) is 4.52. The van der Waals surface area contributed by atoms with Gasteiger partial charge in [0.05, 0.1) is 11.6 Å². The average Bonchev–Trinajstić information content (AvgIpc) is 2.83. The van der Waals surface area contributed by atoms with Crippen LogP contribution in [0.3, 0.4) is 0 Å². The Bertz CT molecular complexity index is 550. The van der Waals surface area contributed by atoms with Gasteiger partial charge in [-0.1, -0.05) is 6.07 Å². The van der Waals surface area contributed by atoms with Crippen LogP contribution in [0.2, 0.25) is 0 Å². The molecule has 0 fully saturated rings. The van der Waals surface area contributed by atoms with Crippen LogP contribution >= 0.6 is 11.3 Å². The monoisotopic (exact) mass is 286 g/mol. The van der Waals surface area contributed by atoms with Crippen molar-refractivity contribution in [3.8, 4) is 0 Å². The van der Waals surface area contributed by atoms with Crippen molar-refractivity contribution in [2.45, 2.75) is 19.1 Å². The van der Waals surface area contributed by atoms with E-state index in [4.69, 9.17) is 5.73 Å². The zero-order valence-electron chi connectivity index (χ0n) is 10.2. The average molecular weight is 286 g/mol. The molecule has 0 bridgehead atoms. The number of alkyl halides is 3. The van der Waals surface area contributed by atoms with Gasteiger partial charge in [0.1, 0.15) is 0 Å². The van der Waals surface area contributed by atoms with Crippen LogP contribution in [0.5, 0.6) is 0 Å². The topological polar surface area (TPSA) is 38.0 Å². The number of anilines is 2. The minimum atomic E-state index is -4.42. The molecule has 0 spiro atoms. The number of hydrogen-bond donors (Lipinski definition) is 2. The van der Waals surface area contributed by atoms with Gasteiger partial charge in [-0.05, 0) is 36.6 Å². The summed E-state index contributed by atoms with van der Waals surface area (Å²) in [6.07, 6.45) is -4.42. The van der Waals surface area contributed by atoms with E-state index < -0.39 is 11.7 Å². The highest BCUT2D eigenvalue weighted by Gasteiger charge is 2.34. The smallest absolute Gasteiger partial charge is 0.399 e. The normalized spacial score (nSPS) is 13.3. The third-order valence-corrected chi connectivity index (χ3v) is 3.75. The van der Waals surface area contributed by atoms with Gasteiger partial charge in [-0.2, -0.15) is 13.2 Å². The molecule has 0 radical (unpaired) electrons. The summed E-state index contributed by atoms with van der Waals surface area (Å²) in [5, 5.41) is 4.77. The Hall–Kier alpha value is -1.69. The first-order valence-electron chi connectivity index (χ1n) is 5.64. The lowest BCUT2D eigenvalue weighted by molar-refractivity contribution is -0.136. The molecule has 2 rings (SSSR count). The number of benzene rings is 1. The van der Waals surface area contributed by atoms with Crippen LogP contribution in [0.1, 0.15) is 23.4 Å². The van der Waals surface area contributed by atoms with Crippen LogP contribution < -0.4 is 11.1 Å². The standard InChI is InChI=1S/C13H13F3N2S/c1-8(12-3-2-6-19-12)18-11-5-4-9(17)7-10(11)13(14,15)16/h2-8,18H,17H2,1H3. The Balaban J connectivity index is 2.30. The molecule has 1 unspecified atom stereocenters. The molecule has 0 saturated carbocycles. The van der Waals surface area contributed by atoms with Crippen LogP contribution in [-0.2, 0) is 6.18 Å². The van der Waals surface area contributed by atoms with Gasteiger partial charge < -0.3 is 11.1 Å². The summed E-state index contributed by atoms with van der Waals surface area (Å²) in [5.74, 6) is 0. The Morgan fingerprint density at radius 2 is 2.00 bits per heavy atom. The predicted molar refractivity (Wildman–Crippen MR) is 72.2 cm³/mol. The molecular formula is C13H13F3N2S. The maximum Gasteiger partial charge on any atom is 0.418 e. The quantitative estimate of drug-likeness (QED) is 0.814. The van der Waals surface area contributed by atoms with Crippen LogP contribution in [0, 0.1) is 0 Å². The number of rotatable bonds is 3. The van der Waals surface area contributed by atoms with E-state index in [1.54, 1.807) is 0 Å². The summed E-state index contributed by atoms with van der Waals surface area (Å²) >= 11 is 1.50. The van der Waals surface area contributed by atoms with E-state index in [1.807, 2.05) is 24.4 Å². The molecule has 1 heterocycles. The molecule has 1 aromatic carbocycles. The van der Waals surface area contributed by atoms with Gasteiger partial charge in [-0.25, -0.2) is 0 Å². The van der Waals surface area contributed by atoms with Crippen molar-refractivity contribution >= 4 is 22.7 Å². The van der Waals surface area contributed by atoms with Gasteiger partial charge in [0.25, 0.3) is 0 Å². The van der Waals surface area contributed by atoms with E-state index in [9.17, 15) is 13.2 Å². The van der Waals surface area contributed by atoms with E-state index >= 15 is 0 Å². The molecule has 0 aliphatic rings. The summed E-state index contributed by atoms with van der Waals surface area (Å²) in [5.41, 5.74) is 4.83. The fraction of sp³-hybridized carbons (Fsp3) is 0.231. The van der Waals surface area contributed by atoms with Crippen molar-refractivity contribution in [1.29, 1.82) is 0 Å². The third-order valence-electron chi connectivity index (χ3n) is 2.69. The summed E-state index contributed by atoms with van der Waals surface area (Å²) in [6.45, 7) is 1.82. The molecule has 0 aliphatic heterocycles. The molecule has 1 atom stereocenters. The first kappa shape index (κ1) is 13.7. The van der Waals surface area contributed by atoms with Crippen LogP contribution in [0.25, 0.3) is 0 Å². The van der Waals surface area contributed by atoms with Crippen LogP contribution in [-0.4, -0.2) is 0 Å². The van der Waals surface area contributed by atoms with Crippen molar-refractivity contribution in [2.24, 2.45) is 0 Å². The number of thiophene rings is 1. The maximum absolute atomic E-state index is 12.9. The lowest BCUT2D eigenvalue weighted by Crippen LogP contribution is -2.13. The Labute approximate surface area is 113 Å². The molecule has 19 heavy (non-hydrogen) atoms. The Kier molecular flexibility index (Phi) is 3.71. The maximum atomic E-state index is 12.9. The van der Waals surface area contributed by atoms with Gasteiger partial charge in [-0.15, -0.1) is 11.3 Å². The van der Waals surface area contributed by atoms with Gasteiger partial charge in [-0.3, -0.25) is 0 Å². The van der Waals surface area contributed by atoms with Crippen LogP contribution in [0.15, 0.2) is 35.7 Å². The van der Waals surface area contributed by atoms with E-state index in [1.165, 1.54) is 23.5 Å². The number of halogens is 3. The summed E-state index contributed by atoms with van der Waals surface area (Å²) < 4.78 is 38.8. The molecule has 3 N–H and O–H groups in total. The number of nitrogen functional groups attached to an aromatic ring is 1. The zero-order chi connectivity index (χ0) is 14.0. The van der Waals surface area contributed by atoms with Crippen LogP contribution in [0.4, 0.5) is 24.5 Å². The molecular weight excluding hydrogens is 273 g/mol. The van der Waals surface area contributed by atoms with Crippen molar-refractivity contribution in [2.75, 3.05) is 11.1 Å². The fourth-order valence-corrected chi connectivity index (χ4v) is 2.50. The van der Waals surface area contributed by atoms with Crippen molar-refractivity contribution in [1.82, 2.24) is 0 Å². The van der Waals surface area contributed by atoms with E-state index in [-0.39, 0.29) is 17.4 Å². The molecule has 1 aromatic heterocycles. The minimum absolute atomic E-state index is 0.0441. The molecule has 2 aromatic rings. The summed E-state index contributed by atoms with van der Waals surface area (Å²) in [6, 6.07) is 7.33. The third kappa shape index (κ3) is 3.20. The van der Waals surface area contributed by atoms with Gasteiger partial charge in [0.2, 0.25) is 0 Å². The SMILES string of the molecule is CC(Nc1ccc(N)cc1C(F)(F)F)c1cccs1. The molecule has 102 valence electrons. The Morgan fingerprint density at radius 1 is 1.26 bits per heavy atom. The van der Waals surface area contributed by atoms with Crippen molar-refractivity contribution < 1.29 is 13.2 Å².